The lowest BCUT2D eigenvalue weighted by Gasteiger charge is -2.35. The minimum atomic E-state index is -0.0411. The van der Waals surface area contributed by atoms with Crippen LogP contribution in [0.3, 0.4) is 0 Å². The summed E-state index contributed by atoms with van der Waals surface area (Å²) >= 11 is 0. The molecule has 20 heavy (non-hydrogen) atoms. The van der Waals surface area contributed by atoms with E-state index < -0.39 is 0 Å². The molecule has 0 aliphatic heterocycles. The van der Waals surface area contributed by atoms with E-state index in [2.05, 4.69) is 24.6 Å². The molecule has 4 heteroatoms. The summed E-state index contributed by atoms with van der Waals surface area (Å²) in [5, 5.41) is 3.15. The van der Waals surface area contributed by atoms with Crippen LogP contribution in [0, 0.1) is 12.3 Å². The van der Waals surface area contributed by atoms with Crippen LogP contribution in [0.2, 0.25) is 0 Å². The lowest BCUT2D eigenvalue weighted by molar-refractivity contribution is 0.0903. The van der Waals surface area contributed by atoms with Crippen molar-refractivity contribution >= 4 is 11.6 Å². The number of anilines is 1. The van der Waals surface area contributed by atoms with Gasteiger partial charge in [-0.05, 0) is 49.3 Å². The molecule has 4 N–H and O–H groups in total. The second kappa shape index (κ2) is 5.83. The largest absolute Gasteiger partial charge is 0.349 e. The van der Waals surface area contributed by atoms with Gasteiger partial charge in [0.2, 0.25) is 0 Å². The number of nitrogen functional groups attached to an aromatic ring is 1. The fourth-order valence-electron chi connectivity index (χ4n) is 3.06. The van der Waals surface area contributed by atoms with Gasteiger partial charge in [-0.2, -0.15) is 0 Å². The van der Waals surface area contributed by atoms with E-state index in [0.29, 0.717) is 16.7 Å². The Morgan fingerprint density at radius 1 is 1.40 bits per heavy atom. The number of nitrogens with two attached hydrogens (primary N) is 1. The minimum Gasteiger partial charge on any atom is -0.349 e. The van der Waals surface area contributed by atoms with E-state index in [0.717, 1.165) is 18.4 Å². The Morgan fingerprint density at radius 2 is 2.15 bits per heavy atom. The predicted octanol–water partition coefficient (Wildman–Crippen LogP) is 2.98. The first-order valence-electron chi connectivity index (χ1n) is 7.29. The van der Waals surface area contributed by atoms with Gasteiger partial charge in [0.1, 0.15) is 0 Å². The van der Waals surface area contributed by atoms with E-state index in [1.165, 1.54) is 12.8 Å². The van der Waals surface area contributed by atoms with Crippen molar-refractivity contribution in [2.75, 3.05) is 5.43 Å². The summed E-state index contributed by atoms with van der Waals surface area (Å²) in [6, 6.07) is 5.91. The number of carbonyl (C=O) groups is 1. The molecule has 1 atom stereocenters. The Balaban J connectivity index is 2.08. The Morgan fingerprint density at radius 3 is 2.80 bits per heavy atom. The van der Waals surface area contributed by atoms with E-state index >= 15 is 0 Å². The van der Waals surface area contributed by atoms with Crippen molar-refractivity contribution in [1.29, 1.82) is 0 Å². The summed E-state index contributed by atoms with van der Waals surface area (Å²) in [5.41, 5.74) is 5.30. The number of amides is 1. The maximum absolute atomic E-state index is 12.4. The summed E-state index contributed by atoms with van der Waals surface area (Å²) in [6.07, 6.45) is 4.51. The quantitative estimate of drug-likeness (QED) is 0.587. The highest BCUT2D eigenvalue weighted by Gasteiger charge is 2.29. The summed E-state index contributed by atoms with van der Waals surface area (Å²) in [7, 11) is 0. The highest BCUT2D eigenvalue weighted by Crippen LogP contribution is 2.35. The first-order valence-corrected chi connectivity index (χ1v) is 7.29. The monoisotopic (exact) mass is 275 g/mol. The van der Waals surface area contributed by atoms with Crippen LogP contribution in [0.5, 0.6) is 0 Å². The van der Waals surface area contributed by atoms with Gasteiger partial charge in [-0.15, -0.1) is 0 Å². The van der Waals surface area contributed by atoms with Gasteiger partial charge in [0.15, 0.2) is 0 Å². The van der Waals surface area contributed by atoms with Crippen LogP contribution in [-0.2, 0) is 0 Å². The summed E-state index contributed by atoms with van der Waals surface area (Å²) in [5.74, 6) is 5.46. The number of hydrogen-bond donors (Lipinski definition) is 3. The molecule has 0 spiro atoms. The molecule has 0 heterocycles. The molecule has 1 aromatic rings. The molecule has 0 aromatic heterocycles. The maximum atomic E-state index is 12.4. The number of hydrogen-bond acceptors (Lipinski definition) is 3. The van der Waals surface area contributed by atoms with Crippen molar-refractivity contribution in [3.05, 3.63) is 29.3 Å². The zero-order chi connectivity index (χ0) is 14.8. The van der Waals surface area contributed by atoms with Gasteiger partial charge in [-0.3, -0.25) is 10.6 Å². The van der Waals surface area contributed by atoms with Crippen LogP contribution in [0.25, 0.3) is 0 Å². The average molecular weight is 275 g/mol. The molecule has 2 rings (SSSR count). The number of aryl methyl sites for hydroxylation is 1. The zero-order valence-electron chi connectivity index (χ0n) is 12.6. The molecule has 110 valence electrons. The predicted molar refractivity (Wildman–Crippen MR) is 82.5 cm³/mol. The van der Waals surface area contributed by atoms with E-state index in [1.807, 2.05) is 25.1 Å². The minimum absolute atomic E-state index is 0.0411. The molecule has 1 fully saturated rings. The third-order valence-corrected chi connectivity index (χ3v) is 4.12. The SMILES string of the molecule is Cc1ccc(C(=O)NC2CCCC(C)(C)C2)c(NN)c1. The van der Waals surface area contributed by atoms with E-state index in [1.54, 1.807) is 0 Å². The fraction of sp³-hybridized carbons (Fsp3) is 0.562. The van der Waals surface area contributed by atoms with Crippen molar-refractivity contribution in [1.82, 2.24) is 5.32 Å². The second-order valence-electron chi connectivity index (χ2n) is 6.62. The Hall–Kier alpha value is -1.55. The van der Waals surface area contributed by atoms with Crippen molar-refractivity contribution in [3.63, 3.8) is 0 Å². The smallest absolute Gasteiger partial charge is 0.253 e. The molecule has 1 unspecified atom stereocenters. The van der Waals surface area contributed by atoms with Crippen LogP contribution in [0.1, 0.15) is 55.5 Å². The molecule has 0 saturated heterocycles. The van der Waals surface area contributed by atoms with Crippen LogP contribution >= 0.6 is 0 Å². The Labute approximate surface area is 121 Å². The Bertz CT molecular complexity index is 496. The van der Waals surface area contributed by atoms with Gasteiger partial charge < -0.3 is 10.7 Å². The molecule has 1 aliphatic carbocycles. The van der Waals surface area contributed by atoms with Crippen LogP contribution in [0.15, 0.2) is 18.2 Å². The Kier molecular flexibility index (Phi) is 4.33. The van der Waals surface area contributed by atoms with Gasteiger partial charge in [0, 0.05) is 6.04 Å². The molecular formula is C16H25N3O. The highest BCUT2D eigenvalue weighted by molar-refractivity contribution is 5.99. The average Bonchev–Trinajstić information content (AvgIpc) is 2.37. The highest BCUT2D eigenvalue weighted by atomic mass is 16.1. The standard InChI is InChI=1S/C16H25N3O/c1-11-6-7-13(14(9-11)19-17)15(20)18-12-5-4-8-16(2,3)10-12/h6-7,9,12,19H,4-5,8,10,17H2,1-3H3,(H,18,20). The van der Waals surface area contributed by atoms with Crippen LogP contribution in [0.4, 0.5) is 5.69 Å². The number of hydrazine groups is 1. The van der Waals surface area contributed by atoms with E-state index in [-0.39, 0.29) is 11.9 Å². The van der Waals surface area contributed by atoms with E-state index in [4.69, 9.17) is 5.84 Å². The van der Waals surface area contributed by atoms with Crippen LogP contribution < -0.4 is 16.6 Å². The second-order valence-corrected chi connectivity index (χ2v) is 6.62. The molecule has 1 aliphatic rings. The number of rotatable bonds is 3. The van der Waals surface area contributed by atoms with Crippen molar-refractivity contribution in [2.45, 2.75) is 52.5 Å². The molecule has 1 aromatic carbocycles. The van der Waals surface area contributed by atoms with Crippen LogP contribution in [-0.4, -0.2) is 11.9 Å². The first kappa shape index (κ1) is 14.9. The van der Waals surface area contributed by atoms with Gasteiger partial charge >= 0.3 is 0 Å². The molecule has 0 bridgehead atoms. The lowest BCUT2D eigenvalue weighted by atomic mass is 9.75. The normalized spacial score (nSPS) is 21.3. The number of benzene rings is 1. The number of nitrogens with one attached hydrogen (secondary N) is 2. The fourth-order valence-corrected chi connectivity index (χ4v) is 3.06. The molecular weight excluding hydrogens is 250 g/mol. The molecule has 0 radical (unpaired) electrons. The summed E-state index contributed by atoms with van der Waals surface area (Å²) < 4.78 is 0. The van der Waals surface area contributed by atoms with Gasteiger partial charge in [0.25, 0.3) is 5.91 Å². The first-order chi connectivity index (χ1) is 9.41. The van der Waals surface area contributed by atoms with Gasteiger partial charge in [0.05, 0.1) is 11.3 Å². The topological polar surface area (TPSA) is 67.2 Å². The summed E-state index contributed by atoms with van der Waals surface area (Å²) in [4.78, 5) is 12.4. The van der Waals surface area contributed by atoms with Crippen molar-refractivity contribution in [3.8, 4) is 0 Å². The van der Waals surface area contributed by atoms with Crippen molar-refractivity contribution < 1.29 is 4.79 Å². The third-order valence-electron chi connectivity index (χ3n) is 4.12. The molecule has 1 amide bonds. The zero-order valence-corrected chi connectivity index (χ0v) is 12.6. The third kappa shape index (κ3) is 3.51. The summed E-state index contributed by atoms with van der Waals surface area (Å²) in [6.45, 7) is 6.51. The number of carbonyl (C=O) groups excluding carboxylic acids is 1. The maximum Gasteiger partial charge on any atom is 0.253 e. The molecule has 4 nitrogen and oxygen atoms in total. The van der Waals surface area contributed by atoms with Gasteiger partial charge in [-0.1, -0.05) is 26.3 Å². The molecule has 1 saturated carbocycles. The van der Waals surface area contributed by atoms with Crippen molar-refractivity contribution in [2.24, 2.45) is 11.3 Å². The lowest BCUT2D eigenvalue weighted by Crippen LogP contribution is -2.41. The van der Waals surface area contributed by atoms with E-state index in [9.17, 15) is 4.79 Å². The van der Waals surface area contributed by atoms with Gasteiger partial charge in [-0.25, -0.2) is 0 Å².